The summed E-state index contributed by atoms with van der Waals surface area (Å²) in [7, 11) is 1.28. The van der Waals surface area contributed by atoms with Gasteiger partial charge in [-0.3, -0.25) is 15.2 Å². The van der Waals surface area contributed by atoms with Gasteiger partial charge in [-0.15, -0.1) is 5.10 Å². The molecule has 4 rings (SSSR count). The van der Waals surface area contributed by atoms with Crippen molar-refractivity contribution in [3.8, 4) is 11.4 Å². The van der Waals surface area contributed by atoms with Crippen LogP contribution in [0.25, 0.3) is 17.0 Å². The third-order valence-corrected chi connectivity index (χ3v) is 5.31. The predicted octanol–water partition coefficient (Wildman–Crippen LogP) is 5.11. The zero-order valence-electron chi connectivity index (χ0n) is 18.6. The Morgan fingerprint density at radius 3 is 2.42 bits per heavy atom. The van der Waals surface area contributed by atoms with Crippen LogP contribution in [-0.2, 0) is 10.2 Å². The maximum absolute atomic E-state index is 12.6. The van der Waals surface area contributed by atoms with E-state index in [4.69, 9.17) is 11.6 Å². The molecule has 3 N–H and O–H groups in total. The van der Waals surface area contributed by atoms with E-state index >= 15 is 0 Å². The first kappa shape index (κ1) is 22.3. The summed E-state index contributed by atoms with van der Waals surface area (Å²) < 4.78 is 6.11. The number of hydrogen-bond acceptors (Lipinski definition) is 5. The third kappa shape index (κ3) is 4.68. The lowest BCUT2D eigenvalue weighted by Crippen LogP contribution is -2.13. The van der Waals surface area contributed by atoms with Gasteiger partial charge in [0.2, 0.25) is 0 Å². The van der Waals surface area contributed by atoms with Crippen LogP contribution in [0.4, 0.5) is 16.2 Å². The van der Waals surface area contributed by atoms with E-state index in [0.717, 1.165) is 11.3 Å². The number of halogens is 1. The number of rotatable bonds is 4. The normalized spacial score (nSPS) is 11.4. The van der Waals surface area contributed by atoms with E-state index in [2.05, 4.69) is 51.3 Å². The number of carbonyl (C=O) groups excluding carboxylic acids is 2. The van der Waals surface area contributed by atoms with Crippen molar-refractivity contribution >= 4 is 40.6 Å². The monoisotopic (exact) mass is 466 g/mol. The highest BCUT2D eigenvalue weighted by atomic mass is 35.5. The van der Waals surface area contributed by atoms with E-state index in [9.17, 15) is 9.59 Å². The van der Waals surface area contributed by atoms with Crippen molar-refractivity contribution in [3.63, 3.8) is 0 Å². The number of nitrogens with zero attached hydrogens (tertiary/aromatic N) is 3. The number of H-pyrrole nitrogens is 1. The summed E-state index contributed by atoms with van der Waals surface area (Å²) in [6.07, 6.45) is -0.579. The Kier molecular flexibility index (Phi) is 5.82. The molecule has 2 amide bonds. The Hall–Kier alpha value is -3.85. The first-order valence-corrected chi connectivity index (χ1v) is 10.5. The van der Waals surface area contributed by atoms with Gasteiger partial charge in [0, 0.05) is 27.9 Å². The molecule has 0 unspecified atom stereocenters. The van der Waals surface area contributed by atoms with Gasteiger partial charge in [0.05, 0.1) is 12.8 Å². The largest absolute Gasteiger partial charge is 0.453 e. The lowest BCUT2D eigenvalue weighted by Gasteiger charge is -2.16. The van der Waals surface area contributed by atoms with Gasteiger partial charge in [-0.05, 0) is 36.4 Å². The molecule has 0 aliphatic heterocycles. The second-order valence-corrected chi connectivity index (χ2v) is 8.83. The molecule has 0 aliphatic rings. The number of anilines is 2. The Morgan fingerprint density at radius 1 is 1.06 bits per heavy atom. The van der Waals surface area contributed by atoms with E-state index in [0.29, 0.717) is 33.4 Å². The van der Waals surface area contributed by atoms with E-state index in [1.54, 1.807) is 41.0 Å². The number of nitrogens with one attached hydrogen (secondary N) is 3. The topological polar surface area (TPSA) is 113 Å². The Balaban J connectivity index is 1.52. The Bertz CT molecular complexity index is 1330. The van der Waals surface area contributed by atoms with Crippen LogP contribution in [0.3, 0.4) is 0 Å². The van der Waals surface area contributed by atoms with Crippen LogP contribution in [-0.4, -0.2) is 38.9 Å². The second kappa shape index (κ2) is 8.59. The van der Waals surface area contributed by atoms with Gasteiger partial charge in [0.1, 0.15) is 5.02 Å². The summed E-state index contributed by atoms with van der Waals surface area (Å²) in [5, 5.41) is 13.6. The van der Waals surface area contributed by atoms with Crippen molar-refractivity contribution in [3.05, 3.63) is 64.8 Å². The molecule has 0 aliphatic carbocycles. The van der Waals surface area contributed by atoms with E-state index in [-0.39, 0.29) is 11.3 Å². The van der Waals surface area contributed by atoms with Gasteiger partial charge < -0.3 is 10.1 Å². The number of amides is 2. The van der Waals surface area contributed by atoms with Crippen LogP contribution in [0.5, 0.6) is 0 Å². The lowest BCUT2D eigenvalue weighted by atomic mass is 9.92. The van der Waals surface area contributed by atoms with Gasteiger partial charge in [0.25, 0.3) is 5.91 Å². The van der Waals surface area contributed by atoms with Crippen molar-refractivity contribution in [2.24, 2.45) is 0 Å². The number of methoxy groups -OCH3 is 1. The van der Waals surface area contributed by atoms with Gasteiger partial charge in [-0.25, -0.2) is 9.78 Å². The molecule has 0 atom stereocenters. The molecule has 0 saturated carbocycles. The highest BCUT2D eigenvalue weighted by Crippen LogP contribution is 2.32. The molecule has 0 radical (unpaired) electrons. The van der Waals surface area contributed by atoms with Crippen molar-refractivity contribution in [1.29, 1.82) is 0 Å². The quantitative estimate of drug-likeness (QED) is 0.387. The summed E-state index contributed by atoms with van der Waals surface area (Å²) >= 11 is 6.52. The van der Waals surface area contributed by atoms with Crippen LogP contribution in [0.2, 0.25) is 5.02 Å². The van der Waals surface area contributed by atoms with Gasteiger partial charge >= 0.3 is 6.09 Å². The van der Waals surface area contributed by atoms with E-state index < -0.39 is 6.09 Å². The standard InChI is InChI=1S/C23H23ClN6O3/c1-23(2,3)18-17(24)20-27-19(29-30(20)28-18)14-6-5-7-16(12-14)25-21(31)13-8-10-15(11-9-13)26-22(32)33-4/h5-12,28H,1-4H3,(H,25,31)(H,26,32). The molecule has 10 heteroatoms. The van der Waals surface area contributed by atoms with Crippen molar-refractivity contribution in [2.45, 2.75) is 26.2 Å². The molecule has 2 aromatic heterocycles. The van der Waals surface area contributed by atoms with Gasteiger partial charge in [0.15, 0.2) is 11.5 Å². The zero-order valence-corrected chi connectivity index (χ0v) is 19.3. The van der Waals surface area contributed by atoms with E-state index in [1.807, 2.05) is 12.1 Å². The molecule has 2 heterocycles. The molecule has 2 aromatic carbocycles. The van der Waals surface area contributed by atoms with Crippen LogP contribution in [0, 0.1) is 0 Å². The van der Waals surface area contributed by atoms with E-state index in [1.165, 1.54) is 7.11 Å². The zero-order chi connectivity index (χ0) is 23.8. The van der Waals surface area contributed by atoms with Gasteiger partial charge in [-0.2, -0.15) is 4.63 Å². The first-order chi connectivity index (χ1) is 15.7. The summed E-state index contributed by atoms with van der Waals surface area (Å²) in [6, 6.07) is 13.7. The third-order valence-electron chi connectivity index (χ3n) is 4.95. The number of ether oxygens (including phenoxy) is 1. The first-order valence-electron chi connectivity index (χ1n) is 10.2. The molecule has 0 bridgehead atoms. The molecular formula is C23H23ClN6O3. The SMILES string of the molecule is COC(=O)Nc1ccc(C(=O)Nc2cccc(-c3nc4c(Cl)c(C(C)(C)C)[nH]n4n3)c2)cc1. The number of fused-ring (bicyclic) bond motifs is 1. The van der Waals surface area contributed by atoms with Crippen LogP contribution < -0.4 is 10.6 Å². The fourth-order valence-electron chi connectivity index (χ4n) is 3.23. The molecule has 4 aromatic rings. The summed E-state index contributed by atoms with van der Waals surface area (Å²) in [5.41, 5.74) is 3.52. The second-order valence-electron chi connectivity index (χ2n) is 8.45. The predicted molar refractivity (Wildman–Crippen MR) is 127 cm³/mol. The maximum atomic E-state index is 12.6. The average Bonchev–Trinajstić information content (AvgIpc) is 3.34. The summed E-state index contributed by atoms with van der Waals surface area (Å²) in [4.78, 5) is 28.5. The van der Waals surface area contributed by atoms with Crippen LogP contribution in [0.15, 0.2) is 48.5 Å². The Morgan fingerprint density at radius 2 is 1.79 bits per heavy atom. The molecule has 9 nitrogen and oxygen atoms in total. The molecule has 170 valence electrons. The number of aromatic amines is 1. The minimum absolute atomic E-state index is 0.169. The highest BCUT2D eigenvalue weighted by molar-refractivity contribution is 6.34. The minimum atomic E-state index is -0.579. The van der Waals surface area contributed by atoms with Crippen molar-refractivity contribution in [1.82, 2.24) is 19.8 Å². The van der Waals surface area contributed by atoms with Crippen LogP contribution in [0.1, 0.15) is 36.8 Å². The number of benzene rings is 2. The number of aromatic nitrogens is 4. The molecule has 0 spiro atoms. The average molecular weight is 467 g/mol. The summed E-state index contributed by atoms with van der Waals surface area (Å²) in [6.45, 7) is 6.17. The molecule has 33 heavy (non-hydrogen) atoms. The summed E-state index contributed by atoms with van der Waals surface area (Å²) in [5.74, 6) is 0.192. The fourth-order valence-corrected chi connectivity index (χ4v) is 3.68. The molecule has 0 fully saturated rings. The minimum Gasteiger partial charge on any atom is -0.453 e. The molecule has 0 saturated heterocycles. The number of hydrogen-bond donors (Lipinski definition) is 3. The van der Waals surface area contributed by atoms with Crippen molar-refractivity contribution < 1.29 is 14.3 Å². The van der Waals surface area contributed by atoms with Gasteiger partial charge in [-0.1, -0.05) is 44.5 Å². The molecular weight excluding hydrogens is 444 g/mol. The Labute approximate surface area is 195 Å². The fraction of sp³-hybridized carbons (Fsp3) is 0.217. The smallest absolute Gasteiger partial charge is 0.411 e. The number of carbonyl (C=O) groups is 2. The highest BCUT2D eigenvalue weighted by Gasteiger charge is 2.24. The van der Waals surface area contributed by atoms with Crippen molar-refractivity contribution in [2.75, 3.05) is 17.7 Å². The maximum Gasteiger partial charge on any atom is 0.411 e. The lowest BCUT2D eigenvalue weighted by molar-refractivity contribution is 0.102. The van der Waals surface area contributed by atoms with Crippen LogP contribution >= 0.6 is 11.6 Å².